The number of unbranched alkanes of at least 4 members (excludes halogenated alkanes) is 7. The topological polar surface area (TPSA) is 80.7 Å². The third kappa shape index (κ3) is 8.02. The predicted molar refractivity (Wildman–Crippen MR) is 122 cm³/mol. The van der Waals surface area contributed by atoms with Crippen LogP contribution in [0.3, 0.4) is 0 Å². The highest BCUT2D eigenvalue weighted by Gasteiger charge is 2.22. The number of phenols is 1. The molecule has 1 atom stereocenters. The first-order valence-electron chi connectivity index (χ1n) is 11.2. The molecule has 0 aromatic heterocycles. The van der Waals surface area contributed by atoms with Crippen molar-refractivity contribution >= 4 is 16.3 Å². The number of para-hydroxylation sites is 1. The molecule has 31 heavy (non-hydrogen) atoms. The first kappa shape index (κ1) is 24.9. The highest BCUT2D eigenvalue weighted by Crippen LogP contribution is 2.32. The summed E-state index contributed by atoms with van der Waals surface area (Å²) >= 11 is 0. The Kier molecular flexibility index (Phi) is 10.6. The molecule has 0 amide bonds. The molecule has 0 radical (unpaired) electrons. The number of aromatic hydroxyl groups is 1. The fourth-order valence-corrected chi connectivity index (χ4v) is 5.10. The number of aryl methyl sites for hydroxylation is 1. The summed E-state index contributed by atoms with van der Waals surface area (Å²) < 4.78 is 30.5. The number of sulfone groups is 1. The molecule has 0 aliphatic heterocycles. The van der Waals surface area contributed by atoms with Gasteiger partial charge in [0, 0.05) is 0 Å². The molecule has 6 heteroatoms. The van der Waals surface area contributed by atoms with E-state index in [1.807, 2.05) is 6.92 Å². The molecule has 0 heterocycles. The van der Waals surface area contributed by atoms with E-state index in [9.17, 15) is 18.3 Å². The zero-order chi connectivity index (χ0) is 22.5. The van der Waals surface area contributed by atoms with E-state index in [0.29, 0.717) is 18.5 Å². The fraction of sp³-hybridized carbons (Fsp3) is 0.480. The van der Waals surface area contributed by atoms with Crippen LogP contribution < -0.4 is 0 Å². The molecular formula is C25H34O5S. The van der Waals surface area contributed by atoms with E-state index in [1.165, 1.54) is 25.3 Å². The van der Waals surface area contributed by atoms with Crippen LogP contribution in [0, 0.1) is 0 Å². The molecule has 1 unspecified atom stereocenters. The molecule has 2 aromatic carbocycles. The van der Waals surface area contributed by atoms with Crippen LogP contribution in [-0.2, 0) is 25.8 Å². The van der Waals surface area contributed by atoms with Gasteiger partial charge in [-0.3, -0.25) is 4.79 Å². The first-order chi connectivity index (χ1) is 15.0. The molecule has 170 valence electrons. The van der Waals surface area contributed by atoms with Crippen molar-refractivity contribution < 1.29 is 23.1 Å². The quantitative estimate of drug-likeness (QED) is 0.275. The van der Waals surface area contributed by atoms with Crippen LogP contribution in [0.25, 0.3) is 0 Å². The van der Waals surface area contributed by atoms with Gasteiger partial charge in [-0.2, -0.15) is 0 Å². The second kappa shape index (κ2) is 13.2. The summed E-state index contributed by atoms with van der Waals surface area (Å²) in [4.78, 5) is 10.4. The number of rotatable bonds is 15. The lowest BCUT2D eigenvalue weighted by Gasteiger charge is -2.11. The Labute approximate surface area is 186 Å². The van der Waals surface area contributed by atoms with Crippen LogP contribution in [0.1, 0.15) is 70.3 Å². The second-order valence-corrected chi connectivity index (χ2v) is 9.91. The van der Waals surface area contributed by atoms with Gasteiger partial charge in [-0.05, 0) is 56.4 Å². The van der Waals surface area contributed by atoms with Gasteiger partial charge in [0.2, 0.25) is 9.84 Å². The average molecular weight is 447 g/mol. The highest BCUT2D eigenvalue weighted by atomic mass is 32.2. The standard InChI is InChI=1S/C25H34O5S/c1-21(30-20-26)14-9-6-4-2-3-5-7-10-15-22-16-13-19-24(25(22)27)31(28,29)23-17-11-8-12-18-23/h8,11-13,16-21,27H,2-7,9-10,14-15H2,1H3. The number of hydrogen-bond donors (Lipinski definition) is 1. The molecule has 5 nitrogen and oxygen atoms in total. The third-order valence-electron chi connectivity index (χ3n) is 5.52. The van der Waals surface area contributed by atoms with Gasteiger partial charge in [-0.15, -0.1) is 0 Å². The Morgan fingerprint density at radius 3 is 2.13 bits per heavy atom. The summed E-state index contributed by atoms with van der Waals surface area (Å²) in [6.45, 7) is 2.43. The normalized spacial score (nSPS) is 12.4. The molecule has 2 rings (SSSR count). The number of ether oxygens (including phenoxy) is 1. The molecular weight excluding hydrogens is 412 g/mol. The Morgan fingerprint density at radius 2 is 1.48 bits per heavy atom. The van der Waals surface area contributed by atoms with Gasteiger partial charge >= 0.3 is 0 Å². The molecule has 0 saturated heterocycles. The van der Waals surface area contributed by atoms with Crippen molar-refractivity contribution in [1.29, 1.82) is 0 Å². The monoisotopic (exact) mass is 446 g/mol. The van der Waals surface area contributed by atoms with E-state index in [0.717, 1.165) is 38.5 Å². The van der Waals surface area contributed by atoms with E-state index in [1.54, 1.807) is 42.5 Å². The summed E-state index contributed by atoms with van der Waals surface area (Å²) in [5.74, 6) is -0.126. The maximum atomic E-state index is 12.8. The maximum absolute atomic E-state index is 12.8. The average Bonchev–Trinajstić information content (AvgIpc) is 2.76. The van der Waals surface area contributed by atoms with Crippen LogP contribution >= 0.6 is 0 Å². The van der Waals surface area contributed by atoms with Crippen LogP contribution in [-0.4, -0.2) is 26.1 Å². The number of hydrogen-bond acceptors (Lipinski definition) is 5. The minimum Gasteiger partial charge on any atom is -0.506 e. The van der Waals surface area contributed by atoms with Crippen LogP contribution in [0.4, 0.5) is 0 Å². The summed E-state index contributed by atoms with van der Waals surface area (Å²) in [6.07, 6.45) is 10.5. The van der Waals surface area contributed by atoms with Crippen LogP contribution in [0.2, 0.25) is 0 Å². The molecule has 1 N–H and O–H groups in total. The second-order valence-electron chi connectivity index (χ2n) is 7.99. The summed E-state index contributed by atoms with van der Waals surface area (Å²) in [6, 6.07) is 13.2. The van der Waals surface area contributed by atoms with Crippen molar-refractivity contribution in [1.82, 2.24) is 0 Å². The third-order valence-corrected chi connectivity index (χ3v) is 7.32. The van der Waals surface area contributed by atoms with Gasteiger partial charge in [0.15, 0.2) is 0 Å². The summed E-state index contributed by atoms with van der Waals surface area (Å²) in [5.41, 5.74) is 0.684. The van der Waals surface area contributed by atoms with Crippen LogP contribution in [0.5, 0.6) is 5.75 Å². The molecule has 0 aliphatic rings. The Hall–Kier alpha value is -2.34. The highest BCUT2D eigenvalue weighted by molar-refractivity contribution is 7.91. The van der Waals surface area contributed by atoms with Crippen molar-refractivity contribution in [2.45, 2.75) is 87.0 Å². The lowest BCUT2D eigenvalue weighted by molar-refractivity contribution is -0.133. The SMILES string of the molecule is CC(CCCCCCCCCCc1cccc(S(=O)(=O)c2ccccc2)c1O)OC=O. The van der Waals surface area contributed by atoms with Gasteiger partial charge < -0.3 is 9.84 Å². The van der Waals surface area contributed by atoms with E-state index in [4.69, 9.17) is 4.74 Å². The minimum absolute atomic E-state index is 0.00935. The Bertz CT molecular complexity index is 893. The van der Waals surface area contributed by atoms with Crippen molar-refractivity contribution in [3.05, 3.63) is 54.1 Å². The van der Waals surface area contributed by atoms with Gasteiger partial charge in [0.25, 0.3) is 6.47 Å². The van der Waals surface area contributed by atoms with E-state index >= 15 is 0 Å². The zero-order valence-electron chi connectivity index (χ0n) is 18.3. The van der Waals surface area contributed by atoms with E-state index < -0.39 is 9.84 Å². The predicted octanol–water partition coefficient (Wildman–Crippen LogP) is 5.84. The largest absolute Gasteiger partial charge is 0.506 e. The van der Waals surface area contributed by atoms with Gasteiger partial charge in [-0.1, -0.05) is 68.9 Å². The molecule has 0 aliphatic carbocycles. The van der Waals surface area contributed by atoms with Crippen molar-refractivity contribution in [2.24, 2.45) is 0 Å². The summed E-state index contributed by atoms with van der Waals surface area (Å²) in [7, 11) is -3.73. The first-order valence-corrected chi connectivity index (χ1v) is 12.6. The fourth-order valence-electron chi connectivity index (χ4n) is 3.68. The number of benzene rings is 2. The Balaban J connectivity index is 1.71. The lowest BCUT2D eigenvalue weighted by atomic mass is 10.0. The van der Waals surface area contributed by atoms with Crippen molar-refractivity contribution in [3.8, 4) is 5.75 Å². The lowest BCUT2D eigenvalue weighted by Crippen LogP contribution is -2.05. The van der Waals surface area contributed by atoms with E-state index in [2.05, 4.69) is 0 Å². The van der Waals surface area contributed by atoms with E-state index in [-0.39, 0.29) is 21.6 Å². The maximum Gasteiger partial charge on any atom is 0.293 e. The number of carbonyl (C=O) groups is 1. The van der Waals surface area contributed by atoms with Crippen molar-refractivity contribution in [3.63, 3.8) is 0 Å². The van der Waals surface area contributed by atoms with Gasteiger partial charge in [0.1, 0.15) is 10.6 Å². The molecule has 2 aromatic rings. The smallest absolute Gasteiger partial charge is 0.293 e. The van der Waals surface area contributed by atoms with Crippen molar-refractivity contribution in [2.75, 3.05) is 0 Å². The summed E-state index contributed by atoms with van der Waals surface area (Å²) in [5, 5.41) is 10.6. The zero-order valence-corrected chi connectivity index (χ0v) is 19.1. The number of phenolic OH excluding ortho intramolecular Hbond substituents is 1. The molecule has 0 saturated carbocycles. The molecule has 0 spiro atoms. The van der Waals surface area contributed by atoms with Gasteiger partial charge in [-0.25, -0.2) is 8.42 Å². The van der Waals surface area contributed by atoms with Crippen LogP contribution in [0.15, 0.2) is 58.3 Å². The molecule has 0 bridgehead atoms. The Morgan fingerprint density at radius 1 is 0.871 bits per heavy atom. The number of carbonyl (C=O) groups excluding carboxylic acids is 1. The molecule has 0 fully saturated rings. The minimum atomic E-state index is -3.73. The van der Waals surface area contributed by atoms with Gasteiger partial charge in [0.05, 0.1) is 11.0 Å².